The molecule has 0 aliphatic heterocycles. The zero-order valence-electron chi connectivity index (χ0n) is 7.08. The molecule has 1 aliphatic carbocycles. The second-order valence-electron chi connectivity index (χ2n) is 3.37. The lowest BCUT2D eigenvalue weighted by Gasteiger charge is -2.07. The van der Waals surface area contributed by atoms with Crippen molar-refractivity contribution in [1.82, 2.24) is 9.97 Å². The molecule has 0 N–H and O–H groups in total. The van der Waals surface area contributed by atoms with Crippen molar-refractivity contribution < 1.29 is 0 Å². The van der Waals surface area contributed by atoms with Crippen LogP contribution in [-0.2, 0) is 6.42 Å². The Morgan fingerprint density at radius 1 is 1.62 bits per heavy atom. The van der Waals surface area contributed by atoms with Crippen LogP contribution < -0.4 is 0 Å². The Kier molecular flexibility index (Phi) is 2.84. The lowest BCUT2D eigenvalue weighted by atomic mass is 10.1. The Balaban J connectivity index is 2.03. The van der Waals surface area contributed by atoms with Crippen LogP contribution >= 0.6 is 27.5 Å². The summed E-state index contributed by atoms with van der Waals surface area (Å²) in [5.41, 5.74) is 1.02. The smallest absolute Gasteiger partial charge is 0.115 e. The molecule has 0 spiro atoms. The summed E-state index contributed by atoms with van der Waals surface area (Å²) in [5.74, 6) is 0.712. The van der Waals surface area contributed by atoms with Crippen LogP contribution in [0.3, 0.4) is 0 Å². The first-order valence-corrected chi connectivity index (χ1v) is 5.59. The van der Waals surface area contributed by atoms with E-state index in [1.54, 1.807) is 12.5 Å². The number of halogens is 2. The van der Waals surface area contributed by atoms with E-state index in [9.17, 15) is 0 Å². The van der Waals surface area contributed by atoms with Crippen molar-refractivity contribution in [3.05, 3.63) is 22.7 Å². The highest BCUT2D eigenvalue weighted by Crippen LogP contribution is 2.37. The fraction of sp³-hybridized carbons (Fsp3) is 0.556. The number of aromatic nitrogens is 2. The molecule has 0 bridgehead atoms. The van der Waals surface area contributed by atoms with Crippen LogP contribution in [0.5, 0.6) is 0 Å². The molecule has 0 radical (unpaired) electrons. The molecule has 4 heteroatoms. The zero-order chi connectivity index (χ0) is 9.26. The standard InChI is InChI=1S/C9H10BrClN2/c10-7-4-12-5-13-9(7)3-8(11)6-1-2-6/h4-6,8H,1-3H2. The third kappa shape index (κ3) is 2.41. The Hall–Kier alpha value is -0.150. The molecule has 1 aliphatic rings. The first-order chi connectivity index (χ1) is 6.27. The summed E-state index contributed by atoms with van der Waals surface area (Å²) in [4.78, 5) is 8.10. The van der Waals surface area contributed by atoms with Gasteiger partial charge in [-0.2, -0.15) is 0 Å². The highest BCUT2D eigenvalue weighted by atomic mass is 79.9. The lowest BCUT2D eigenvalue weighted by molar-refractivity contribution is 0.720. The summed E-state index contributed by atoms with van der Waals surface area (Å²) in [6.45, 7) is 0. The Bertz CT molecular complexity index is 301. The van der Waals surface area contributed by atoms with Gasteiger partial charge >= 0.3 is 0 Å². The number of nitrogens with zero attached hydrogens (tertiary/aromatic N) is 2. The molecule has 0 aromatic carbocycles. The van der Waals surface area contributed by atoms with Gasteiger partial charge in [0.15, 0.2) is 0 Å². The summed E-state index contributed by atoms with van der Waals surface area (Å²) >= 11 is 9.61. The molecule has 0 amide bonds. The minimum absolute atomic E-state index is 0.242. The van der Waals surface area contributed by atoms with E-state index in [2.05, 4.69) is 25.9 Å². The minimum Gasteiger partial charge on any atom is -0.244 e. The van der Waals surface area contributed by atoms with Crippen molar-refractivity contribution in [1.29, 1.82) is 0 Å². The maximum absolute atomic E-state index is 6.20. The van der Waals surface area contributed by atoms with Crippen molar-refractivity contribution >= 4 is 27.5 Å². The molecular weight excluding hydrogens is 251 g/mol. The maximum atomic E-state index is 6.20. The van der Waals surface area contributed by atoms with E-state index in [0.717, 1.165) is 16.6 Å². The highest BCUT2D eigenvalue weighted by molar-refractivity contribution is 9.10. The normalized spacial score (nSPS) is 18.6. The minimum atomic E-state index is 0.242. The van der Waals surface area contributed by atoms with Gasteiger partial charge in [0, 0.05) is 18.0 Å². The first-order valence-electron chi connectivity index (χ1n) is 4.36. The van der Waals surface area contributed by atoms with Crippen LogP contribution in [0.2, 0.25) is 0 Å². The second-order valence-corrected chi connectivity index (χ2v) is 4.79. The predicted molar refractivity (Wildman–Crippen MR) is 55.8 cm³/mol. The van der Waals surface area contributed by atoms with Gasteiger partial charge in [-0.25, -0.2) is 9.97 Å². The molecule has 1 atom stereocenters. The molecule has 1 saturated carbocycles. The van der Waals surface area contributed by atoms with E-state index < -0.39 is 0 Å². The van der Waals surface area contributed by atoms with E-state index in [1.165, 1.54) is 12.8 Å². The van der Waals surface area contributed by atoms with E-state index in [-0.39, 0.29) is 5.38 Å². The Labute approximate surface area is 90.9 Å². The average molecular weight is 262 g/mol. The van der Waals surface area contributed by atoms with Crippen molar-refractivity contribution in [3.63, 3.8) is 0 Å². The van der Waals surface area contributed by atoms with Crippen molar-refractivity contribution in [2.24, 2.45) is 5.92 Å². The van der Waals surface area contributed by atoms with Gasteiger partial charge in [-0.05, 0) is 34.7 Å². The van der Waals surface area contributed by atoms with Crippen LogP contribution in [0.4, 0.5) is 0 Å². The summed E-state index contributed by atoms with van der Waals surface area (Å²) in [7, 11) is 0. The molecule has 2 rings (SSSR count). The molecule has 13 heavy (non-hydrogen) atoms. The summed E-state index contributed by atoms with van der Waals surface area (Å²) in [6.07, 6.45) is 6.72. The molecule has 0 saturated heterocycles. The largest absolute Gasteiger partial charge is 0.244 e. The topological polar surface area (TPSA) is 25.8 Å². The SMILES string of the molecule is ClC(Cc1ncncc1Br)C1CC1. The fourth-order valence-corrected chi connectivity index (χ4v) is 2.08. The highest BCUT2D eigenvalue weighted by Gasteiger charge is 2.30. The number of hydrogen-bond donors (Lipinski definition) is 0. The molecule has 1 unspecified atom stereocenters. The van der Waals surface area contributed by atoms with Crippen molar-refractivity contribution in [2.45, 2.75) is 24.6 Å². The number of rotatable bonds is 3. The van der Waals surface area contributed by atoms with E-state index in [0.29, 0.717) is 5.92 Å². The third-order valence-corrected chi connectivity index (χ3v) is 3.44. The van der Waals surface area contributed by atoms with Crippen LogP contribution in [0.15, 0.2) is 17.0 Å². The van der Waals surface area contributed by atoms with Gasteiger partial charge in [0.05, 0.1) is 10.2 Å². The molecular formula is C9H10BrClN2. The van der Waals surface area contributed by atoms with Crippen LogP contribution in [0, 0.1) is 5.92 Å². The average Bonchev–Trinajstić information content (AvgIpc) is 2.91. The van der Waals surface area contributed by atoms with Crippen LogP contribution in [0.25, 0.3) is 0 Å². The van der Waals surface area contributed by atoms with Gasteiger partial charge < -0.3 is 0 Å². The third-order valence-electron chi connectivity index (χ3n) is 2.27. The van der Waals surface area contributed by atoms with E-state index >= 15 is 0 Å². The van der Waals surface area contributed by atoms with Gasteiger partial charge in [0.2, 0.25) is 0 Å². The van der Waals surface area contributed by atoms with Crippen LogP contribution in [-0.4, -0.2) is 15.3 Å². The second kappa shape index (κ2) is 3.93. The summed E-state index contributed by atoms with van der Waals surface area (Å²) in [6, 6.07) is 0. The maximum Gasteiger partial charge on any atom is 0.115 e. The van der Waals surface area contributed by atoms with Crippen molar-refractivity contribution in [3.8, 4) is 0 Å². The quantitative estimate of drug-likeness (QED) is 0.782. The Morgan fingerprint density at radius 3 is 3.00 bits per heavy atom. The Morgan fingerprint density at radius 2 is 2.38 bits per heavy atom. The summed E-state index contributed by atoms with van der Waals surface area (Å²) in [5, 5.41) is 0.242. The van der Waals surface area contributed by atoms with Gasteiger partial charge in [-0.3, -0.25) is 0 Å². The predicted octanol–water partition coefficient (Wildman–Crippen LogP) is 2.80. The fourth-order valence-electron chi connectivity index (χ4n) is 1.30. The van der Waals surface area contributed by atoms with Crippen molar-refractivity contribution in [2.75, 3.05) is 0 Å². The monoisotopic (exact) mass is 260 g/mol. The van der Waals surface area contributed by atoms with E-state index in [1.807, 2.05) is 0 Å². The molecule has 70 valence electrons. The lowest BCUT2D eigenvalue weighted by Crippen LogP contribution is -2.07. The van der Waals surface area contributed by atoms with Gasteiger partial charge in [-0.1, -0.05) is 0 Å². The van der Waals surface area contributed by atoms with Gasteiger partial charge in [0.25, 0.3) is 0 Å². The van der Waals surface area contributed by atoms with Crippen LogP contribution in [0.1, 0.15) is 18.5 Å². The first kappa shape index (κ1) is 9.41. The van der Waals surface area contributed by atoms with Gasteiger partial charge in [0.1, 0.15) is 6.33 Å². The molecule has 1 aromatic rings. The molecule has 1 heterocycles. The van der Waals surface area contributed by atoms with Gasteiger partial charge in [-0.15, -0.1) is 11.6 Å². The molecule has 1 fully saturated rings. The molecule has 1 aromatic heterocycles. The summed E-state index contributed by atoms with van der Waals surface area (Å²) < 4.78 is 0.960. The van der Waals surface area contributed by atoms with E-state index in [4.69, 9.17) is 11.6 Å². The zero-order valence-corrected chi connectivity index (χ0v) is 9.42. The molecule has 2 nitrogen and oxygen atoms in total. The number of alkyl halides is 1. The number of hydrogen-bond acceptors (Lipinski definition) is 2.